The third kappa shape index (κ3) is 3.25. The van der Waals surface area contributed by atoms with Crippen LogP contribution in [-0.2, 0) is 6.54 Å². The van der Waals surface area contributed by atoms with Crippen molar-refractivity contribution >= 4 is 16.8 Å². The lowest BCUT2D eigenvalue weighted by Gasteiger charge is -2.31. The predicted molar refractivity (Wildman–Crippen MR) is 94.4 cm³/mol. The van der Waals surface area contributed by atoms with Gasteiger partial charge in [-0.05, 0) is 31.5 Å². The molecule has 128 valence electrons. The van der Waals surface area contributed by atoms with Crippen molar-refractivity contribution in [3.63, 3.8) is 0 Å². The van der Waals surface area contributed by atoms with Gasteiger partial charge in [-0.2, -0.15) is 0 Å². The average Bonchev–Trinajstić information content (AvgIpc) is 3.06. The number of benzene rings is 2. The molecule has 2 aromatic carbocycles. The Morgan fingerprint density at radius 1 is 1.20 bits per heavy atom. The Labute approximate surface area is 145 Å². The van der Waals surface area contributed by atoms with E-state index in [-0.39, 0.29) is 16.5 Å². The molecule has 0 bridgehead atoms. The van der Waals surface area contributed by atoms with Gasteiger partial charge in [0.1, 0.15) is 5.52 Å². The molecule has 0 N–H and O–H groups in total. The SMILES string of the molecule is O=[N+]([O-])c1ccccc1CN1CCC[C@H](c2nc3ccccc3o2)C1. The quantitative estimate of drug-likeness (QED) is 0.529. The summed E-state index contributed by atoms with van der Waals surface area (Å²) < 4.78 is 5.92. The van der Waals surface area contributed by atoms with E-state index in [9.17, 15) is 10.1 Å². The number of aromatic nitrogens is 1. The number of nitro benzene ring substituents is 1. The number of rotatable bonds is 4. The van der Waals surface area contributed by atoms with E-state index in [1.54, 1.807) is 12.1 Å². The van der Waals surface area contributed by atoms with Crippen LogP contribution in [0.25, 0.3) is 11.1 Å². The fourth-order valence-corrected chi connectivity index (χ4v) is 3.53. The molecule has 0 aliphatic carbocycles. The smallest absolute Gasteiger partial charge is 0.273 e. The zero-order chi connectivity index (χ0) is 17.2. The largest absolute Gasteiger partial charge is 0.440 e. The average molecular weight is 337 g/mol. The Morgan fingerprint density at radius 2 is 2.00 bits per heavy atom. The van der Waals surface area contributed by atoms with Crippen LogP contribution in [0.15, 0.2) is 52.9 Å². The van der Waals surface area contributed by atoms with Gasteiger partial charge in [-0.3, -0.25) is 15.0 Å². The summed E-state index contributed by atoms with van der Waals surface area (Å²) in [7, 11) is 0. The van der Waals surface area contributed by atoms with Crippen molar-refractivity contribution in [1.29, 1.82) is 0 Å². The molecule has 1 aromatic heterocycles. The van der Waals surface area contributed by atoms with E-state index in [0.717, 1.165) is 48.5 Å². The van der Waals surface area contributed by atoms with Crippen molar-refractivity contribution in [2.24, 2.45) is 0 Å². The lowest BCUT2D eigenvalue weighted by molar-refractivity contribution is -0.385. The number of hydrogen-bond acceptors (Lipinski definition) is 5. The Kier molecular flexibility index (Phi) is 4.19. The molecule has 3 aromatic rings. The highest BCUT2D eigenvalue weighted by Gasteiger charge is 2.26. The van der Waals surface area contributed by atoms with Crippen LogP contribution in [0, 0.1) is 10.1 Å². The summed E-state index contributed by atoms with van der Waals surface area (Å²) in [6.07, 6.45) is 2.06. The van der Waals surface area contributed by atoms with Crippen molar-refractivity contribution in [2.75, 3.05) is 13.1 Å². The van der Waals surface area contributed by atoms with Gasteiger partial charge < -0.3 is 4.42 Å². The molecule has 1 fully saturated rings. The van der Waals surface area contributed by atoms with Gasteiger partial charge >= 0.3 is 0 Å². The van der Waals surface area contributed by atoms with Crippen LogP contribution in [0.1, 0.15) is 30.2 Å². The minimum absolute atomic E-state index is 0.187. The normalized spacial score (nSPS) is 18.5. The molecule has 6 nitrogen and oxygen atoms in total. The molecule has 0 saturated carbocycles. The maximum atomic E-state index is 11.2. The van der Waals surface area contributed by atoms with Crippen molar-refractivity contribution in [1.82, 2.24) is 9.88 Å². The van der Waals surface area contributed by atoms with E-state index in [1.807, 2.05) is 36.4 Å². The van der Waals surface area contributed by atoms with E-state index in [0.29, 0.717) is 6.54 Å². The zero-order valence-electron chi connectivity index (χ0n) is 13.8. The number of likely N-dealkylation sites (tertiary alicyclic amines) is 1. The molecule has 1 saturated heterocycles. The molecule has 0 spiro atoms. The summed E-state index contributed by atoms with van der Waals surface area (Å²) in [5.41, 5.74) is 2.64. The first-order valence-corrected chi connectivity index (χ1v) is 8.51. The minimum atomic E-state index is -0.308. The fourth-order valence-electron chi connectivity index (χ4n) is 3.53. The molecular formula is C19H19N3O3. The maximum Gasteiger partial charge on any atom is 0.273 e. The van der Waals surface area contributed by atoms with E-state index in [4.69, 9.17) is 4.42 Å². The highest BCUT2D eigenvalue weighted by molar-refractivity contribution is 5.72. The molecule has 2 heterocycles. The fraction of sp³-hybridized carbons (Fsp3) is 0.316. The minimum Gasteiger partial charge on any atom is -0.440 e. The van der Waals surface area contributed by atoms with Crippen molar-refractivity contribution < 1.29 is 9.34 Å². The molecular weight excluding hydrogens is 318 g/mol. The van der Waals surface area contributed by atoms with E-state index >= 15 is 0 Å². The van der Waals surface area contributed by atoms with Crippen LogP contribution >= 0.6 is 0 Å². The van der Waals surface area contributed by atoms with Crippen LogP contribution in [-0.4, -0.2) is 27.9 Å². The van der Waals surface area contributed by atoms with Gasteiger partial charge in [-0.1, -0.05) is 30.3 Å². The summed E-state index contributed by atoms with van der Waals surface area (Å²) >= 11 is 0. The number of fused-ring (bicyclic) bond motifs is 1. The van der Waals surface area contributed by atoms with Gasteiger partial charge in [0, 0.05) is 30.6 Å². The highest BCUT2D eigenvalue weighted by Crippen LogP contribution is 2.30. The van der Waals surface area contributed by atoms with Gasteiger partial charge in [0.2, 0.25) is 0 Å². The lowest BCUT2D eigenvalue weighted by atomic mass is 9.97. The lowest BCUT2D eigenvalue weighted by Crippen LogP contribution is -2.34. The molecule has 6 heteroatoms. The first kappa shape index (κ1) is 15.8. The number of hydrogen-bond donors (Lipinski definition) is 0. The summed E-state index contributed by atoms with van der Waals surface area (Å²) in [6, 6.07) is 14.7. The second-order valence-corrected chi connectivity index (χ2v) is 6.48. The molecule has 1 atom stereocenters. The van der Waals surface area contributed by atoms with E-state index in [1.165, 1.54) is 0 Å². The van der Waals surface area contributed by atoms with E-state index in [2.05, 4.69) is 9.88 Å². The monoisotopic (exact) mass is 337 g/mol. The predicted octanol–water partition coefficient (Wildman–Crippen LogP) is 4.12. The highest BCUT2D eigenvalue weighted by atomic mass is 16.6. The van der Waals surface area contributed by atoms with Gasteiger partial charge in [0.15, 0.2) is 11.5 Å². The zero-order valence-corrected chi connectivity index (χ0v) is 13.8. The second-order valence-electron chi connectivity index (χ2n) is 6.48. The summed E-state index contributed by atoms with van der Waals surface area (Å²) in [6.45, 7) is 2.32. The number of para-hydroxylation sites is 3. The molecule has 0 amide bonds. The van der Waals surface area contributed by atoms with Crippen molar-refractivity contribution in [2.45, 2.75) is 25.3 Å². The number of nitro groups is 1. The van der Waals surface area contributed by atoms with Crippen LogP contribution in [0.5, 0.6) is 0 Å². The van der Waals surface area contributed by atoms with Crippen molar-refractivity contribution in [3.05, 3.63) is 70.1 Å². The topological polar surface area (TPSA) is 72.4 Å². The molecule has 4 rings (SSSR count). The van der Waals surface area contributed by atoms with Gasteiger partial charge in [-0.15, -0.1) is 0 Å². The third-order valence-electron chi connectivity index (χ3n) is 4.75. The standard InChI is InChI=1S/C19H19N3O3/c23-22(24)17-9-3-1-6-14(17)12-21-11-5-7-15(13-21)19-20-16-8-2-4-10-18(16)25-19/h1-4,6,8-10,15H,5,7,11-13H2/t15-/m0/s1. The Bertz CT molecular complexity index is 873. The summed E-state index contributed by atoms with van der Waals surface area (Å²) in [5.74, 6) is 0.998. The van der Waals surface area contributed by atoms with Crippen molar-refractivity contribution in [3.8, 4) is 0 Å². The Hall–Kier alpha value is -2.73. The van der Waals surface area contributed by atoms with Crippen LogP contribution in [0.3, 0.4) is 0 Å². The van der Waals surface area contributed by atoms with Crippen LogP contribution < -0.4 is 0 Å². The summed E-state index contributed by atoms with van der Waals surface area (Å²) in [5, 5.41) is 11.2. The number of piperidine rings is 1. The molecule has 1 aliphatic heterocycles. The van der Waals surface area contributed by atoms with Gasteiger partial charge in [-0.25, -0.2) is 4.98 Å². The second kappa shape index (κ2) is 6.64. The summed E-state index contributed by atoms with van der Waals surface area (Å²) in [4.78, 5) is 17.8. The maximum absolute atomic E-state index is 11.2. The molecule has 1 aliphatic rings. The number of oxazole rings is 1. The van der Waals surface area contributed by atoms with Gasteiger partial charge in [0.25, 0.3) is 5.69 Å². The third-order valence-corrected chi connectivity index (χ3v) is 4.75. The number of nitrogens with zero attached hydrogens (tertiary/aromatic N) is 3. The van der Waals surface area contributed by atoms with Gasteiger partial charge in [0.05, 0.1) is 4.92 Å². The van der Waals surface area contributed by atoms with Crippen LogP contribution in [0.4, 0.5) is 5.69 Å². The first-order valence-electron chi connectivity index (χ1n) is 8.51. The molecule has 0 radical (unpaired) electrons. The first-order chi connectivity index (χ1) is 12.2. The molecule has 0 unspecified atom stereocenters. The molecule has 25 heavy (non-hydrogen) atoms. The Balaban J connectivity index is 1.52. The van der Waals surface area contributed by atoms with Crippen LogP contribution in [0.2, 0.25) is 0 Å². The Morgan fingerprint density at radius 3 is 2.84 bits per heavy atom. The van der Waals surface area contributed by atoms with E-state index < -0.39 is 0 Å².